The number of fused-ring (bicyclic) bond motifs is 3. The molecule has 3 N–H and O–H groups in total. The van der Waals surface area contributed by atoms with Crippen molar-refractivity contribution < 1.29 is 0 Å². The number of hydrogen-bond donors (Lipinski definition) is 2. The van der Waals surface area contributed by atoms with Gasteiger partial charge < -0.3 is 5.73 Å². The fraction of sp³-hybridized carbons (Fsp3) is 0.118. The number of benzene rings is 2. The summed E-state index contributed by atoms with van der Waals surface area (Å²) in [5.74, 6) is 0. The van der Waals surface area contributed by atoms with E-state index < -0.39 is 0 Å². The second-order valence-electron chi connectivity index (χ2n) is 5.18. The first kappa shape index (κ1) is 11.4. The lowest BCUT2D eigenvalue weighted by molar-refractivity contribution is 1.08. The summed E-state index contributed by atoms with van der Waals surface area (Å²) in [5.41, 5.74) is 14.5. The lowest BCUT2D eigenvalue weighted by Gasteiger charge is -2.05. The third-order valence-electron chi connectivity index (χ3n) is 4.02. The van der Waals surface area contributed by atoms with E-state index in [1.165, 1.54) is 22.3 Å². The summed E-state index contributed by atoms with van der Waals surface area (Å²) in [4.78, 5) is 0. The zero-order valence-electron chi connectivity index (χ0n) is 11.1. The fourth-order valence-electron chi connectivity index (χ4n) is 3.02. The van der Waals surface area contributed by atoms with Gasteiger partial charge in [-0.3, -0.25) is 5.10 Å². The first-order chi connectivity index (χ1) is 9.86. The van der Waals surface area contributed by atoms with Crippen molar-refractivity contribution in [1.29, 1.82) is 0 Å². The van der Waals surface area contributed by atoms with Gasteiger partial charge >= 0.3 is 0 Å². The predicted molar refractivity (Wildman–Crippen MR) is 80.2 cm³/mol. The number of rotatable bonds is 2. The molecule has 20 heavy (non-hydrogen) atoms. The van der Waals surface area contributed by atoms with Crippen molar-refractivity contribution in [2.75, 3.05) is 0 Å². The van der Waals surface area contributed by atoms with Crippen LogP contribution in [0, 0.1) is 0 Å². The van der Waals surface area contributed by atoms with E-state index >= 15 is 0 Å². The SMILES string of the molecule is NCc1cn[nH]c1-c1ccc2c(c1)Cc1ccccc1-2. The molecule has 0 unspecified atom stereocenters. The zero-order chi connectivity index (χ0) is 13.5. The summed E-state index contributed by atoms with van der Waals surface area (Å²) in [5, 5.41) is 7.15. The summed E-state index contributed by atoms with van der Waals surface area (Å²) in [6.45, 7) is 0.503. The van der Waals surface area contributed by atoms with E-state index in [-0.39, 0.29) is 0 Å². The minimum atomic E-state index is 0.503. The van der Waals surface area contributed by atoms with Crippen molar-refractivity contribution in [2.45, 2.75) is 13.0 Å². The van der Waals surface area contributed by atoms with E-state index in [9.17, 15) is 0 Å². The Kier molecular flexibility index (Phi) is 2.47. The lowest BCUT2D eigenvalue weighted by Crippen LogP contribution is -1.96. The molecule has 0 amide bonds. The van der Waals surface area contributed by atoms with E-state index in [1.54, 1.807) is 6.20 Å². The van der Waals surface area contributed by atoms with Crippen molar-refractivity contribution in [2.24, 2.45) is 5.73 Å². The topological polar surface area (TPSA) is 54.7 Å². The van der Waals surface area contributed by atoms with E-state index in [2.05, 4.69) is 52.7 Å². The first-order valence-corrected chi connectivity index (χ1v) is 6.80. The van der Waals surface area contributed by atoms with E-state index in [0.717, 1.165) is 23.2 Å². The number of H-pyrrole nitrogens is 1. The molecule has 3 nitrogen and oxygen atoms in total. The molecule has 3 heteroatoms. The summed E-state index contributed by atoms with van der Waals surface area (Å²) in [6.07, 6.45) is 2.81. The fourth-order valence-corrected chi connectivity index (χ4v) is 3.02. The van der Waals surface area contributed by atoms with Crippen molar-refractivity contribution in [3.63, 3.8) is 0 Å². The van der Waals surface area contributed by atoms with Gasteiger partial charge in [-0.2, -0.15) is 5.10 Å². The number of nitrogens with one attached hydrogen (secondary N) is 1. The maximum atomic E-state index is 5.75. The second kappa shape index (κ2) is 4.32. The van der Waals surface area contributed by atoms with Gasteiger partial charge in [-0.15, -0.1) is 0 Å². The minimum Gasteiger partial charge on any atom is -0.326 e. The van der Waals surface area contributed by atoms with Crippen LogP contribution in [-0.4, -0.2) is 10.2 Å². The molecule has 1 heterocycles. The number of aromatic nitrogens is 2. The molecule has 98 valence electrons. The molecular formula is C17H15N3. The Morgan fingerprint density at radius 2 is 1.90 bits per heavy atom. The molecule has 0 spiro atoms. The predicted octanol–water partition coefficient (Wildman–Crippen LogP) is 3.11. The molecular weight excluding hydrogens is 246 g/mol. The van der Waals surface area contributed by atoms with Crippen LogP contribution >= 0.6 is 0 Å². The van der Waals surface area contributed by atoms with Crippen LogP contribution in [0.25, 0.3) is 22.4 Å². The molecule has 0 aliphatic heterocycles. The number of nitrogens with zero attached hydrogens (tertiary/aromatic N) is 1. The second-order valence-corrected chi connectivity index (χ2v) is 5.18. The molecule has 4 rings (SSSR count). The Balaban J connectivity index is 1.83. The van der Waals surface area contributed by atoms with Gasteiger partial charge in [0.05, 0.1) is 11.9 Å². The third kappa shape index (κ3) is 1.60. The van der Waals surface area contributed by atoms with Crippen LogP contribution in [0.3, 0.4) is 0 Å². The largest absolute Gasteiger partial charge is 0.326 e. The molecule has 1 aliphatic rings. The highest BCUT2D eigenvalue weighted by molar-refractivity contribution is 5.80. The normalized spacial score (nSPS) is 12.2. The molecule has 2 aromatic carbocycles. The average molecular weight is 261 g/mol. The maximum Gasteiger partial charge on any atom is 0.0695 e. The average Bonchev–Trinajstić information content (AvgIpc) is 3.10. The highest BCUT2D eigenvalue weighted by Gasteiger charge is 2.18. The maximum absolute atomic E-state index is 5.75. The number of aromatic amines is 1. The molecule has 1 aromatic heterocycles. The van der Waals surface area contributed by atoms with Crippen molar-refractivity contribution in [1.82, 2.24) is 10.2 Å². The van der Waals surface area contributed by atoms with E-state index in [4.69, 9.17) is 5.73 Å². The zero-order valence-corrected chi connectivity index (χ0v) is 11.1. The smallest absolute Gasteiger partial charge is 0.0695 e. The molecule has 0 saturated carbocycles. The van der Waals surface area contributed by atoms with Crippen LogP contribution in [0.5, 0.6) is 0 Å². The van der Waals surface area contributed by atoms with Gasteiger partial charge in [0.2, 0.25) is 0 Å². The Morgan fingerprint density at radius 1 is 1.05 bits per heavy atom. The molecule has 0 radical (unpaired) electrons. The van der Waals surface area contributed by atoms with Gasteiger partial charge in [-0.25, -0.2) is 0 Å². The van der Waals surface area contributed by atoms with Gasteiger partial charge in [0.1, 0.15) is 0 Å². The number of nitrogens with two attached hydrogens (primary N) is 1. The van der Waals surface area contributed by atoms with Crippen LogP contribution in [-0.2, 0) is 13.0 Å². The lowest BCUT2D eigenvalue weighted by atomic mass is 10.0. The standard InChI is InChI=1S/C17H15N3/c18-9-14-10-19-20-17(14)12-5-6-16-13(8-12)7-11-3-1-2-4-15(11)16/h1-6,8,10H,7,9,18H2,(H,19,20). The third-order valence-corrected chi connectivity index (χ3v) is 4.02. The summed E-state index contributed by atoms with van der Waals surface area (Å²) in [6, 6.07) is 15.2. The Bertz CT molecular complexity index is 786. The number of hydrogen-bond acceptors (Lipinski definition) is 2. The molecule has 3 aromatic rings. The first-order valence-electron chi connectivity index (χ1n) is 6.80. The van der Waals surface area contributed by atoms with E-state index in [1.807, 2.05) is 0 Å². The molecule has 0 bridgehead atoms. The Labute approximate surface area is 117 Å². The Hall–Kier alpha value is -2.39. The van der Waals surface area contributed by atoms with Crippen molar-refractivity contribution in [3.05, 3.63) is 65.4 Å². The van der Waals surface area contributed by atoms with Crippen LogP contribution in [0.4, 0.5) is 0 Å². The Morgan fingerprint density at radius 3 is 2.80 bits per heavy atom. The quantitative estimate of drug-likeness (QED) is 0.582. The molecule has 1 aliphatic carbocycles. The molecule has 0 atom stereocenters. The monoisotopic (exact) mass is 261 g/mol. The summed E-state index contributed by atoms with van der Waals surface area (Å²) in [7, 11) is 0. The van der Waals surface area contributed by atoms with Crippen LogP contribution in [0.1, 0.15) is 16.7 Å². The van der Waals surface area contributed by atoms with Crippen LogP contribution < -0.4 is 5.73 Å². The highest BCUT2D eigenvalue weighted by Crippen LogP contribution is 2.38. The van der Waals surface area contributed by atoms with Gasteiger partial charge in [-0.05, 0) is 34.7 Å². The van der Waals surface area contributed by atoms with Crippen LogP contribution in [0.15, 0.2) is 48.7 Å². The van der Waals surface area contributed by atoms with Gasteiger partial charge in [0, 0.05) is 17.7 Å². The molecule has 0 saturated heterocycles. The van der Waals surface area contributed by atoms with Gasteiger partial charge in [0.25, 0.3) is 0 Å². The van der Waals surface area contributed by atoms with E-state index in [0.29, 0.717) is 6.54 Å². The van der Waals surface area contributed by atoms with Gasteiger partial charge in [-0.1, -0.05) is 36.4 Å². The summed E-state index contributed by atoms with van der Waals surface area (Å²) < 4.78 is 0. The highest BCUT2D eigenvalue weighted by atomic mass is 15.1. The van der Waals surface area contributed by atoms with Crippen LogP contribution in [0.2, 0.25) is 0 Å². The minimum absolute atomic E-state index is 0.503. The molecule has 0 fully saturated rings. The van der Waals surface area contributed by atoms with Gasteiger partial charge in [0.15, 0.2) is 0 Å². The van der Waals surface area contributed by atoms with Crippen molar-refractivity contribution in [3.8, 4) is 22.4 Å². The summed E-state index contributed by atoms with van der Waals surface area (Å²) >= 11 is 0. The van der Waals surface area contributed by atoms with Crippen molar-refractivity contribution >= 4 is 0 Å².